The lowest BCUT2D eigenvalue weighted by molar-refractivity contribution is -0.141. The van der Waals surface area contributed by atoms with E-state index in [1.165, 1.54) is 10.4 Å². The Balaban J connectivity index is 1.67. The van der Waals surface area contributed by atoms with E-state index >= 15 is 0 Å². The van der Waals surface area contributed by atoms with Crippen LogP contribution in [0.1, 0.15) is 12.8 Å². The van der Waals surface area contributed by atoms with Gasteiger partial charge in [-0.3, -0.25) is 4.79 Å². The topological polar surface area (TPSA) is 92.9 Å². The van der Waals surface area contributed by atoms with E-state index in [-0.39, 0.29) is 28.9 Å². The van der Waals surface area contributed by atoms with Gasteiger partial charge < -0.3 is 15.4 Å². The minimum atomic E-state index is -3.67. The van der Waals surface area contributed by atoms with Crippen LogP contribution in [0.25, 0.3) is 0 Å². The molecule has 9 heteroatoms. The van der Waals surface area contributed by atoms with Gasteiger partial charge in [0.05, 0.1) is 10.6 Å². The molecule has 1 aromatic carbocycles. The second kappa shape index (κ2) is 7.20. The quantitative estimate of drug-likeness (QED) is 0.823. The molecule has 0 aromatic heterocycles. The zero-order chi connectivity index (χ0) is 18.1. The van der Waals surface area contributed by atoms with Gasteiger partial charge >= 0.3 is 0 Å². The first kappa shape index (κ1) is 18.6. The highest BCUT2D eigenvalue weighted by atomic mass is 35.5. The van der Waals surface area contributed by atoms with E-state index in [9.17, 15) is 13.2 Å². The SMILES string of the molecule is NC1(C(=O)N2CCN(S(=O)(=O)c3ccccc3Cl)CC2)CCOCC1. The van der Waals surface area contributed by atoms with E-state index in [1.54, 1.807) is 23.1 Å². The van der Waals surface area contributed by atoms with E-state index in [0.717, 1.165) is 0 Å². The number of nitrogens with zero attached hydrogens (tertiary/aromatic N) is 2. The van der Waals surface area contributed by atoms with Crippen molar-refractivity contribution in [3.05, 3.63) is 29.3 Å². The lowest BCUT2D eigenvalue weighted by Gasteiger charge is -2.40. The van der Waals surface area contributed by atoms with Crippen LogP contribution < -0.4 is 5.73 Å². The normalized spacial score (nSPS) is 21.9. The summed E-state index contributed by atoms with van der Waals surface area (Å²) in [7, 11) is -3.67. The van der Waals surface area contributed by atoms with Crippen LogP contribution in [0, 0.1) is 0 Å². The first-order valence-corrected chi connectivity index (χ1v) is 10.1. The second-order valence-corrected chi connectivity index (χ2v) is 8.71. The maximum Gasteiger partial charge on any atom is 0.244 e. The van der Waals surface area contributed by atoms with Gasteiger partial charge in [-0.1, -0.05) is 23.7 Å². The molecular formula is C16H22ClN3O4S. The van der Waals surface area contributed by atoms with Crippen molar-refractivity contribution in [2.24, 2.45) is 5.73 Å². The molecule has 2 fully saturated rings. The van der Waals surface area contributed by atoms with Crippen molar-refractivity contribution in [1.82, 2.24) is 9.21 Å². The number of ether oxygens (including phenoxy) is 1. The third-order valence-corrected chi connectivity index (χ3v) is 7.19. The Labute approximate surface area is 152 Å². The fourth-order valence-electron chi connectivity index (χ4n) is 3.19. The first-order chi connectivity index (χ1) is 11.8. The largest absolute Gasteiger partial charge is 0.381 e. The second-order valence-electron chi connectivity index (χ2n) is 6.40. The average Bonchev–Trinajstić information content (AvgIpc) is 2.62. The Bertz CT molecular complexity index is 742. The summed E-state index contributed by atoms with van der Waals surface area (Å²) in [5.74, 6) is -0.120. The molecule has 2 aliphatic heterocycles. The zero-order valence-electron chi connectivity index (χ0n) is 13.9. The summed E-state index contributed by atoms with van der Waals surface area (Å²) in [6.07, 6.45) is 0.980. The third-order valence-electron chi connectivity index (χ3n) is 4.79. The molecule has 138 valence electrons. The van der Waals surface area contributed by atoms with Crippen molar-refractivity contribution >= 4 is 27.5 Å². The smallest absolute Gasteiger partial charge is 0.244 e. The predicted molar refractivity (Wildman–Crippen MR) is 93.8 cm³/mol. The van der Waals surface area contributed by atoms with Crippen LogP contribution in [0.5, 0.6) is 0 Å². The number of halogens is 1. The van der Waals surface area contributed by atoms with E-state index in [4.69, 9.17) is 22.1 Å². The molecule has 2 aliphatic rings. The van der Waals surface area contributed by atoms with Crippen LogP contribution in [-0.4, -0.2) is 68.5 Å². The Morgan fingerprint density at radius 2 is 1.72 bits per heavy atom. The Hall–Kier alpha value is -1.19. The summed E-state index contributed by atoms with van der Waals surface area (Å²) in [4.78, 5) is 14.5. The van der Waals surface area contributed by atoms with Gasteiger partial charge in [-0.05, 0) is 25.0 Å². The molecule has 2 heterocycles. The van der Waals surface area contributed by atoms with Crippen LogP contribution in [0.15, 0.2) is 29.2 Å². The number of hydrogen-bond acceptors (Lipinski definition) is 5. The molecule has 0 bridgehead atoms. The minimum absolute atomic E-state index is 0.0937. The number of piperazine rings is 1. The number of sulfonamides is 1. The molecule has 7 nitrogen and oxygen atoms in total. The van der Waals surface area contributed by atoms with Gasteiger partial charge in [0, 0.05) is 39.4 Å². The summed E-state index contributed by atoms with van der Waals surface area (Å²) in [6, 6.07) is 6.37. The van der Waals surface area contributed by atoms with Gasteiger partial charge in [0.1, 0.15) is 4.90 Å². The van der Waals surface area contributed by atoms with E-state index in [2.05, 4.69) is 0 Å². The van der Waals surface area contributed by atoms with Crippen LogP contribution in [-0.2, 0) is 19.6 Å². The minimum Gasteiger partial charge on any atom is -0.381 e. The van der Waals surface area contributed by atoms with Crippen LogP contribution in [0.4, 0.5) is 0 Å². The molecular weight excluding hydrogens is 366 g/mol. The average molecular weight is 388 g/mol. The molecule has 0 radical (unpaired) electrons. The van der Waals surface area contributed by atoms with Crippen LogP contribution in [0.3, 0.4) is 0 Å². The van der Waals surface area contributed by atoms with Crippen molar-refractivity contribution in [3.63, 3.8) is 0 Å². The first-order valence-electron chi connectivity index (χ1n) is 8.25. The molecule has 0 atom stereocenters. The van der Waals surface area contributed by atoms with Crippen LogP contribution >= 0.6 is 11.6 Å². The number of nitrogens with two attached hydrogens (primary N) is 1. The standard InChI is InChI=1S/C16H22ClN3O4S/c17-13-3-1-2-4-14(13)25(22,23)20-9-7-19(8-10-20)15(21)16(18)5-11-24-12-6-16/h1-4H,5-12,18H2. The Morgan fingerprint density at radius 1 is 1.12 bits per heavy atom. The van der Waals surface area contributed by atoms with Crippen LogP contribution in [0.2, 0.25) is 5.02 Å². The molecule has 0 aliphatic carbocycles. The van der Waals surface area contributed by atoms with Crippen molar-refractivity contribution in [2.45, 2.75) is 23.3 Å². The number of carbonyl (C=O) groups is 1. The number of amides is 1. The molecule has 2 N–H and O–H groups in total. The van der Waals surface area contributed by atoms with E-state index < -0.39 is 15.6 Å². The molecule has 3 rings (SSSR count). The summed E-state index contributed by atoms with van der Waals surface area (Å²) in [5, 5.41) is 0.198. The summed E-state index contributed by atoms with van der Waals surface area (Å²) < 4.78 is 32.1. The maximum absolute atomic E-state index is 12.7. The molecule has 0 unspecified atom stereocenters. The summed E-state index contributed by atoms with van der Waals surface area (Å²) in [5.41, 5.74) is 5.34. The van der Waals surface area contributed by atoms with Gasteiger partial charge in [-0.2, -0.15) is 4.31 Å². The number of hydrogen-bond donors (Lipinski definition) is 1. The highest BCUT2D eigenvalue weighted by molar-refractivity contribution is 7.89. The molecule has 25 heavy (non-hydrogen) atoms. The van der Waals surface area contributed by atoms with Crippen molar-refractivity contribution in [2.75, 3.05) is 39.4 Å². The lowest BCUT2D eigenvalue weighted by atomic mass is 9.89. The Kier molecular flexibility index (Phi) is 5.36. The van der Waals surface area contributed by atoms with E-state index in [0.29, 0.717) is 39.1 Å². The fourth-order valence-corrected chi connectivity index (χ4v) is 5.10. The zero-order valence-corrected chi connectivity index (χ0v) is 15.4. The molecule has 1 aromatic rings. The number of rotatable bonds is 3. The van der Waals surface area contributed by atoms with Crippen molar-refractivity contribution in [1.29, 1.82) is 0 Å². The molecule has 0 saturated carbocycles. The fraction of sp³-hybridized carbons (Fsp3) is 0.562. The van der Waals surface area contributed by atoms with Gasteiger partial charge in [-0.25, -0.2) is 8.42 Å². The van der Waals surface area contributed by atoms with Gasteiger partial charge in [0.2, 0.25) is 15.9 Å². The summed E-state index contributed by atoms with van der Waals surface area (Å²) in [6.45, 7) is 2.05. The molecule has 0 spiro atoms. The number of carbonyl (C=O) groups excluding carboxylic acids is 1. The monoisotopic (exact) mass is 387 g/mol. The van der Waals surface area contributed by atoms with Gasteiger partial charge in [-0.15, -0.1) is 0 Å². The van der Waals surface area contributed by atoms with E-state index in [1.807, 2.05) is 0 Å². The predicted octanol–water partition coefficient (Wildman–Crippen LogP) is 0.681. The highest BCUT2D eigenvalue weighted by Gasteiger charge is 2.41. The lowest BCUT2D eigenvalue weighted by Crippen LogP contribution is -2.61. The Morgan fingerprint density at radius 3 is 2.32 bits per heavy atom. The van der Waals surface area contributed by atoms with Crippen molar-refractivity contribution < 1.29 is 17.9 Å². The van der Waals surface area contributed by atoms with Gasteiger partial charge in [0.15, 0.2) is 0 Å². The highest BCUT2D eigenvalue weighted by Crippen LogP contribution is 2.26. The molecule has 1 amide bonds. The third kappa shape index (κ3) is 3.68. The van der Waals surface area contributed by atoms with Crippen molar-refractivity contribution in [3.8, 4) is 0 Å². The summed E-state index contributed by atoms with van der Waals surface area (Å²) >= 11 is 6.03. The molecule has 2 saturated heterocycles. The maximum atomic E-state index is 12.7. The number of benzene rings is 1. The van der Waals surface area contributed by atoms with Gasteiger partial charge in [0.25, 0.3) is 0 Å².